The molecular weight excluding hydrogens is 460 g/mol. The summed E-state index contributed by atoms with van der Waals surface area (Å²) in [7, 11) is -3.22. The van der Waals surface area contributed by atoms with Crippen molar-refractivity contribution in [2.75, 3.05) is 18.6 Å². The van der Waals surface area contributed by atoms with Crippen molar-refractivity contribution in [3.63, 3.8) is 0 Å². The van der Waals surface area contributed by atoms with E-state index in [0.29, 0.717) is 31.0 Å². The molecular formula is C26H31F2NO4S. The van der Waals surface area contributed by atoms with Crippen molar-refractivity contribution in [2.45, 2.75) is 52.5 Å². The Morgan fingerprint density at radius 1 is 1.15 bits per heavy atom. The summed E-state index contributed by atoms with van der Waals surface area (Å²) in [5.41, 5.74) is 3.87. The van der Waals surface area contributed by atoms with Crippen LogP contribution in [0.25, 0.3) is 6.08 Å². The largest absolute Gasteiger partial charge is 0.457 e. The number of amides is 1. The van der Waals surface area contributed by atoms with E-state index in [1.807, 2.05) is 32.1 Å². The van der Waals surface area contributed by atoms with Crippen LogP contribution in [0.4, 0.5) is 8.78 Å². The summed E-state index contributed by atoms with van der Waals surface area (Å²) < 4.78 is 56.9. The summed E-state index contributed by atoms with van der Waals surface area (Å²) in [6.07, 6.45) is 3.44. The number of carbonyl (C=O) groups is 1. The number of ether oxygens (including phenoxy) is 1. The van der Waals surface area contributed by atoms with E-state index < -0.39 is 15.8 Å². The Labute approximate surface area is 200 Å². The third-order valence-corrected chi connectivity index (χ3v) is 6.78. The van der Waals surface area contributed by atoms with Crippen LogP contribution in [0, 0.1) is 0 Å². The molecule has 1 heterocycles. The molecule has 8 heteroatoms. The number of rotatable bonds is 8. The first-order valence-electron chi connectivity index (χ1n) is 11.3. The zero-order valence-electron chi connectivity index (χ0n) is 20.0. The minimum Gasteiger partial charge on any atom is -0.457 e. The number of nitrogens with zero attached hydrogens (tertiary/aromatic N) is 1. The van der Waals surface area contributed by atoms with Gasteiger partial charge in [0.05, 0.1) is 5.75 Å². The van der Waals surface area contributed by atoms with Gasteiger partial charge in [0.1, 0.15) is 21.3 Å². The molecule has 0 unspecified atom stereocenters. The lowest BCUT2D eigenvalue weighted by molar-refractivity contribution is -0.131. The quantitative estimate of drug-likeness (QED) is 0.474. The summed E-state index contributed by atoms with van der Waals surface area (Å²) in [5.74, 6) is -2.24. The number of hydrogen-bond donors (Lipinski definition) is 0. The van der Waals surface area contributed by atoms with E-state index in [2.05, 4.69) is 0 Å². The van der Waals surface area contributed by atoms with Crippen LogP contribution in [0.15, 0.2) is 42.0 Å². The highest BCUT2D eigenvalue weighted by molar-refractivity contribution is 7.90. The lowest BCUT2D eigenvalue weighted by Gasteiger charge is -2.31. The van der Waals surface area contributed by atoms with Crippen LogP contribution in [0.3, 0.4) is 0 Å². The van der Waals surface area contributed by atoms with Crippen molar-refractivity contribution in [3.8, 4) is 11.5 Å². The zero-order valence-corrected chi connectivity index (χ0v) is 20.8. The summed E-state index contributed by atoms with van der Waals surface area (Å²) in [5, 5.41) is 0. The second-order valence-corrected chi connectivity index (χ2v) is 11.2. The predicted molar refractivity (Wildman–Crippen MR) is 130 cm³/mol. The van der Waals surface area contributed by atoms with Crippen LogP contribution in [0.2, 0.25) is 0 Å². The maximum Gasteiger partial charge on any atom is 0.273 e. The van der Waals surface area contributed by atoms with Gasteiger partial charge in [-0.25, -0.2) is 17.2 Å². The highest BCUT2D eigenvalue weighted by Gasteiger charge is 2.29. The van der Waals surface area contributed by atoms with Crippen molar-refractivity contribution < 1.29 is 26.7 Å². The van der Waals surface area contributed by atoms with Crippen LogP contribution in [0.5, 0.6) is 11.5 Å². The fraction of sp³-hybridized carbons (Fsp3) is 0.423. The Hall–Kier alpha value is -2.74. The molecule has 0 saturated carbocycles. The van der Waals surface area contributed by atoms with Crippen LogP contribution < -0.4 is 4.74 Å². The van der Waals surface area contributed by atoms with Gasteiger partial charge in [0.2, 0.25) is 5.91 Å². The number of alkyl halides is 2. The Morgan fingerprint density at radius 3 is 2.41 bits per heavy atom. The van der Waals surface area contributed by atoms with Gasteiger partial charge in [-0.1, -0.05) is 24.6 Å². The average molecular weight is 492 g/mol. The van der Waals surface area contributed by atoms with E-state index in [-0.39, 0.29) is 30.1 Å². The molecule has 184 valence electrons. The average Bonchev–Trinajstić information content (AvgIpc) is 2.78. The number of sulfone groups is 1. The molecule has 3 rings (SSSR count). The molecule has 2 aromatic rings. The smallest absolute Gasteiger partial charge is 0.273 e. The Kier molecular flexibility index (Phi) is 7.81. The normalized spacial score (nSPS) is 13.9. The number of benzene rings is 2. The van der Waals surface area contributed by atoms with Crippen LogP contribution in [-0.4, -0.2) is 37.8 Å². The van der Waals surface area contributed by atoms with Gasteiger partial charge in [-0.2, -0.15) is 0 Å². The Bertz CT molecular complexity index is 1180. The van der Waals surface area contributed by atoms with E-state index >= 15 is 0 Å². The number of fused-ring (bicyclic) bond motifs is 1. The maximum atomic E-state index is 13.9. The third-order valence-electron chi connectivity index (χ3n) is 5.84. The van der Waals surface area contributed by atoms with E-state index in [4.69, 9.17) is 4.74 Å². The Morgan fingerprint density at radius 2 is 1.82 bits per heavy atom. The summed E-state index contributed by atoms with van der Waals surface area (Å²) in [6, 6.07) is 9.64. The van der Waals surface area contributed by atoms with E-state index in [9.17, 15) is 22.0 Å². The van der Waals surface area contributed by atoms with Crippen molar-refractivity contribution >= 4 is 21.8 Å². The lowest BCUT2D eigenvalue weighted by atomic mass is 9.93. The molecule has 34 heavy (non-hydrogen) atoms. The van der Waals surface area contributed by atoms with E-state index in [1.165, 1.54) is 31.2 Å². The van der Waals surface area contributed by atoms with Gasteiger partial charge in [-0.05, 0) is 61.7 Å². The van der Waals surface area contributed by atoms with Crippen molar-refractivity contribution in [1.82, 2.24) is 4.90 Å². The van der Waals surface area contributed by atoms with Crippen molar-refractivity contribution in [1.29, 1.82) is 0 Å². The fourth-order valence-corrected chi connectivity index (χ4v) is 4.46. The fourth-order valence-electron chi connectivity index (χ4n) is 3.91. The molecule has 1 amide bonds. The molecule has 1 aliphatic rings. The molecule has 0 spiro atoms. The highest BCUT2D eigenvalue weighted by Crippen LogP contribution is 2.36. The minimum atomic E-state index is -3.22. The minimum absolute atomic E-state index is 0.0446. The first kappa shape index (κ1) is 25.9. The van der Waals surface area contributed by atoms with Crippen LogP contribution >= 0.6 is 0 Å². The van der Waals surface area contributed by atoms with Gasteiger partial charge in [-0.3, -0.25) is 4.79 Å². The first-order valence-corrected chi connectivity index (χ1v) is 13.4. The van der Waals surface area contributed by atoms with Gasteiger partial charge in [0.25, 0.3) is 5.92 Å². The Balaban J connectivity index is 1.89. The zero-order chi connectivity index (χ0) is 25.1. The number of hydrogen-bond acceptors (Lipinski definition) is 4. The molecule has 0 radical (unpaired) electrons. The van der Waals surface area contributed by atoms with Crippen molar-refractivity contribution in [3.05, 3.63) is 64.2 Å². The van der Waals surface area contributed by atoms with Gasteiger partial charge < -0.3 is 9.64 Å². The van der Waals surface area contributed by atoms with Gasteiger partial charge in [0.15, 0.2) is 0 Å². The predicted octanol–water partition coefficient (Wildman–Crippen LogP) is 5.72. The molecule has 1 aliphatic heterocycles. The molecule has 0 atom stereocenters. The monoisotopic (exact) mass is 491 g/mol. The maximum absolute atomic E-state index is 13.9. The van der Waals surface area contributed by atoms with Crippen LogP contribution in [-0.2, 0) is 33.5 Å². The third kappa shape index (κ3) is 6.44. The van der Waals surface area contributed by atoms with Gasteiger partial charge in [0, 0.05) is 43.3 Å². The standard InChI is InChI=1S/C26H31F2NO4S/c1-5-26(27,28)20-7-9-21(10-8-20)33-24-11-6-19-12-14-29(25(30)13-15-34(4,31)32)17-23(19)22(24)16-18(2)3/h6-11,16H,5,12-15,17H2,1-4H3. The molecule has 2 aromatic carbocycles. The van der Waals surface area contributed by atoms with Gasteiger partial charge in [-0.15, -0.1) is 0 Å². The summed E-state index contributed by atoms with van der Waals surface area (Å²) >= 11 is 0. The van der Waals surface area contributed by atoms with Gasteiger partial charge >= 0.3 is 0 Å². The van der Waals surface area contributed by atoms with E-state index in [1.54, 1.807) is 4.90 Å². The number of carbonyl (C=O) groups excluding carboxylic acids is 1. The van der Waals surface area contributed by atoms with E-state index in [0.717, 1.165) is 28.5 Å². The number of allylic oxidation sites excluding steroid dienone is 1. The number of halogens is 2. The molecule has 0 aromatic heterocycles. The molecule has 5 nitrogen and oxygen atoms in total. The summed E-state index contributed by atoms with van der Waals surface area (Å²) in [6.45, 7) is 6.25. The lowest BCUT2D eigenvalue weighted by Crippen LogP contribution is -2.37. The SMILES string of the molecule is CCC(F)(F)c1ccc(Oc2ccc3c(c2C=C(C)C)CN(C(=O)CCS(C)(=O)=O)CC3)cc1. The topological polar surface area (TPSA) is 63.7 Å². The first-order chi connectivity index (χ1) is 15.9. The molecule has 0 aliphatic carbocycles. The second-order valence-electron chi connectivity index (χ2n) is 8.97. The highest BCUT2D eigenvalue weighted by atomic mass is 32.2. The molecule has 0 N–H and O–H groups in total. The molecule has 0 saturated heterocycles. The van der Waals surface area contributed by atoms with Crippen LogP contribution in [0.1, 0.15) is 55.9 Å². The second kappa shape index (κ2) is 10.3. The molecule has 0 fully saturated rings. The summed E-state index contributed by atoms with van der Waals surface area (Å²) in [4.78, 5) is 14.3. The molecule has 0 bridgehead atoms. The van der Waals surface area contributed by atoms with Crippen molar-refractivity contribution in [2.24, 2.45) is 0 Å².